The van der Waals surface area contributed by atoms with Gasteiger partial charge in [0.05, 0.1) is 5.92 Å². The first kappa shape index (κ1) is 33.6. The van der Waals surface area contributed by atoms with Crippen molar-refractivity contribution in [2.45, 2.75) is 36.8 Å². The predicted octanol–water partition coefficient (Wildman–Crippen LogP) is 3.90. The summed E-state index contributed by atoms with van der Waals surface area (Å²) >= 11 is 0. The third-order valence-corrected chi connectivity index (χ3v) is 9.08. The van der Waals surface area contributed by atoms with Crippen molar-refractivity contribution in [2.75, 3.05) is 0 Å². The fourth-order valence-corrected chi connectivity index (χ4v) is 6.69. The number of hydrogen-bond donors (Lipinski definition) is 13. The Labute approximate surface area is 292 Å². The number of aromatic hydroxyl groups is 12. The van der Waals surface area contributed by atoms with Crippen LogP contribution in [0.25, 0.3) is 0 Å². The van der Waals surface area contributed by atoms with Crippen molar-refractivity contribution in [3.8, 4) is 86.2 Å². The average molecular weight is 719 g/mol. The largest absolute Gasteiger partial charge is 0.508 e. The van der Waals surface area contributed by atoms with Gasteiger partial charge in [-0.2, -0.15) is 0 Å². The van der Waals surface area contributed by atoms with Gasteiger partial charge in [-0.1, -0.05) is 6.07 Å². The Morgan fingerprint density at radius 3 is 1.75 bits per heavy atom. The second-order valence-corrected chi connectivity index (χ2v) is 12.4. The number of benzene rings is 5. The molecule has 52 heavy (non-hydrogen) atoms. The Morgan fingerprint density at radius 2 is 1.12 bits per heavy atom. The maximum atomic E-state index is 12.0. The molecule has 0 bridgehead atoms. The van der Waals surface area contributed by atoms with Crippen LogP contribution in [0.3, 0.4) is 0 Å². The van der Waals surface area contributed by atoms with E-state index in [1.165, 1.54) is 6.07 Å². The van der Waals surface area contributed by atoms with Crippen LogP contribution in [0.4, 0.5) is 0 Å². The molecule has 5 atom stereocenters. The zero-order chi connectivity index (χ0) is 37.3. The molecule has 0 fully saturated rings. The molecule has 16 nitrogen and oxygen atoms in total. The standard InChI is InChI=1S/C36H30O16/c37-14-6-20(41)28-26(7-14)51-35(13-4-22(43)31(47)23(44)5-13)33(49)30(28)29-21(42)11-18(39)16-10-27(50-15-8-24(45)32(48)25(46)9-15)34(52-36(16)29)12-1-2-17(38)19(40)3-12/h1-9,11,27,30,33-35,37-49H,10H2/t27-,30-,33-,34-,35-/m1/s1. The summed E-state index contributed by atoms with van der Waals surface area (Å²) in [4.78, 5) is 0. The summed E-state index contributed by atoms with van der Waals surface area (Å²) in [6.45, 7) is 0. The molecular weight excluding hydrogens is 688 g/mol. The van der Waals surface area contributed by atoms with E-state index in [2.05, 4.69) is 0 Å². The third-order valence-electron chi connectivity index (χ3n) is 9.08. The normalized spacial score (nSPS) is 20.6. The number of phenols is 12. The van der Waals surface area contributed by atoms with E-state index in [0.29, 0.717) is 0 Å². The Hall–Kier alpha value is -6.94. The highest BCUT2D eigenvalue weighted by Gasteiger charge is 2.47. The summed E-state index contributed by atoms with van der Waals surface area (Å²) in [6.07, 6.45) is -5.97. The lowest BCUT2D eigenvalue weighted by molar-refractivity contribution is 0.00335. The van der Waals surface area contributed by atoms with E-state index in [1.807, 2.05) is 0 Å². The van der Waals surface area contributed by atoms with Gasteiger partial charge < -0.3 is 80.6 Å². The van der Waals surface area contributed by atoms with Crippen molar-refractivity contribution in [1.82, 2.24) is 0 Å². The molecule has 0 spiro atoms. The molecule has 0 aliphatic carbocycles. The van der Waals surface area contributed by atoms with E-state index in [9.17, 15) is 66.4 Å². The lowest BCUT2D eigenvalue weighted by atomic mass is 9.77. The Bertz CT molecular complexity index is 2210. The number of aliphatic hydroxyl groups excluding tert-OH is 1. The van der Waals surface area contributed by atoms with Gasteiger partial charge in [0.15, 0.2) is 52.5 Å². The summed E-state index contributed by atoms with van der Waals surface area (Å²) in [5, 5.41) is 137. The molecule has 0 amide bonds. The summed E-state index contributed by atoms with van der Waals surface area (Å²) in [6, 6.07) is 10.7. The highest BCUT2D eigenvalue weighted by Crippen LogP contribution is 2.58. The van der Waals surface area contributed by atoms with E-state index in [-0.39, 0.29) is 51.5 Å². The van der Waals surface area contributed by atoms with Crippen molar-refractivity contribution in [1.29, 1.82) is 0 Å². The van der Waals surface area contributed by atoms with Gasteiger partial charge in [0.1, 0.15) is 52.5 Å². The van der Waals surface area contributed by atoms with Crippen molar-refractivity contribution in [2.24, 2.45) is 0 Å². The molecule has 0 radical (unpaired) electrons. The van der Waals surface area contributed by atoms with Crippen LogP contribution in [-0.2, 0) is 6.42 Å². The van der Waals surface area contributed by atoms with Gasteiger partial charge >= 0.3 is 0 Å². The third kappa shape index (κ3) is 5.47. The number of phenolic OH excluding ortho intramolecular Hbond substituents is 12. The zero-order valence-electron chi connectivity index (χ0n) is 26.4. The quantitative estimate of drug-likeness (QED) is 0.115. The first-order valence-electron chi connectivity index (χ1n) is 15.5. The maximum Gasteiger partial charge on any atom is 0.200 e. The molecule has 16 heteroatoms. The topological polar surface area (TPSA) is 291 Å². The zero-order valence-corrected chi connectivity index (χ0v) is 26.4. The molecule has 2 aliphatic rings. The lowest BCUT2D eigenvalue weighted by Crippen LogP contribution is -2.38. The van der Waals surface area contributed by atoms with Crippen LogP contribution in [0.2, 0.25) is 0 Å². The minimum atomic E-state index is -1.79. The number of ether oxygens (including phenoxy) is 3. The van der Waals surface area contributed by atoms with Crippen LogP contribution in [0.1, 0.15) is 45.9 Å². The van der Waals surface area contributed by atoms with Gasteiger partial charge in [0, 0.05) is 64.6 Å². The van der Waals surface area contributed by atoms with E-state index in [4.69, 9.17) is 14.2 Å². The lowest BCUT2D eigenvalue weighted by Gasteiger charge is -2.41. The van der Waals surface area contributed by atoms with Gasteiger partial charge in [-0.25, -0.2) is 0 Å². The molecule has 0 saturated carbocycles. The fraction of sp³-hybridized carbons (Fsp3) is 0.167. The smallest absolute Gasteiger partial charge is 0.200 e. The van der Waals surface area contributed by atoms with Crippen LogP contribution < -0.4 is 14.2 Å². The molecule has 2 heterocycles. The molecule has 7 rings (SSSR count). The molecule has 0 saturated heterocycles. The summed E-state index contributed by atoms with van der Waals surface area (Å²) < 4.78 is 18.5. The molecule has 5 aromatic rings. The molecular formula is C36H30O16. The number of fused-ring (bicyclic) bond motifs is 2. The van der Waals surface area contributed by atoms with Gasteiger partial charge in [-0.15, -0.1) is 0 Å². The first-order valence-corrected chi connectivity index (χ1v) is 15.5. The summed E-state index contributed by atoms with van der Waals surface area (Å²) in [7, 11) is 0. The molecule has 270 valence electrons. The van der Waals surface area contributed by atoms with Gasteiger partial charge in [-0.05, 0) is 24.3 Å². The SMILES string of the molecule is Oc1cc(O)c2c(c1)O[C@H](c1cc(O)c(O)c(O)c1)[C@H](O)[C@H]2c1c(O)cc(O)c2c1O[C@H](c1ccc(O)c(O)c1)[C@H](Oc1cc(O)c(O)c(O)c1)C2. The average Bonchev–Trinajstić information content (AvgIpc) is 3.07. The molecule has 2 aliphatic heterocycles. The molecule has 5 aromatic carbocycles. The highest BCUT2D eigenvalue weighted by molar-refractivity contribution is 5.66. The van der Waals surface area contributed by atoms with E-state index in [1.54, 1.807) is 0 Å². The Kier molecular flexibility index (Phi) is 7.83. The van der Waals surface area contributed by atoms with Crippen LogP contribution in [0, 0.1) is 0 Å². The number of aliphatic hydroxyl groups is 1. The number of rotatable bonds is 5. The monoisotopic (exact) mass is 718 g/mol. The minimum absolute atomic E-state index is 0.000690. The van der Waals surface area contributed by atoms with Crippen LogP contribution in [-0.4, -0.2) is 78.6 Å². The van der Waals surface area contributed by atoms with E-state index >= 15 is 0 Å². The Balaban J connectivity index is 1.42. The van der Waals surface area contributed by atoms with Crippen LogP contribution in [0.5, 0.6) is 86.2 Å². The van der Waals surface area contributed by atoms with Crippen LogP contribution in [0.15, 0.2) is 60.7 Å². The van der Waals surface area contributed by atoms with Crippen molar-refractivity contribution in [3.63, 3.8) is 0 Å². The highest BCUT2D eigenvalue weighted by atomic mass is 16.5. The van der Waals surface area contributed by atoms with Crippen molar-refractivity contribution >= 4 is 0 Å². The van der Waals surface area contributed by atoms with Crippen molar-refractivity contribution in [3.05, 3.63) is 88.5 Å². The van der Waals surface area contributed by atoms with E-state index < -0.39 is 99.3 Å². The minimum Gasteiger partial charge on any atom is -0.508 e. The fourth-order valence-electron chi connectivity index (χ4n) is 6.69. The van der Waals surface area contributed by atoms with Gasteiger partial charge in [0.25, 0.3) is 0 Å². The predicted molar refractivity (Wildman–Crippen MR) is 175 cm³/mol. The molecule has 0 aromatic heterocycles. The second-order valence-electron chi connectivity index (χ2n) is 12.4. The maximum absolute atomic E-state index is 12.0. The summed E-state index contributed by atoms with van der Waals surface area (Å²) in [5.74, 6) is -9.91. The first-order chi connectivity index (χ1) is 24.6. The van der Waals surface area contributed by atoms with Gasteiger partial charge in [-0.3, -0.25) is 0 Å². The van der Waals surface area contributed by atoms with Gasteiger partial charge in [0.2, 0.25) is 5.75 Å². The molecule has 0 unspecified atom stereocenters. The van der Waals surface area contributed by atoms with Crippen LogP contribution >= 0.6 is 0 Å². The number of hydrogen-bond acceptors (Lipinski definition) is 16. The van der Waals surface area contributed by atoms with E-state index in [0.717, 1.165) is 54.6 Å². The van der Waals surface area contributed by atoms with Crippen molar-refractivity contribution < 1.29 is 80.6 Å². The second kappa shape index (κ2) is 12.1. The Morgan fingerprint density at radius 1 is 0.519 bits per heavy atom. The summed E-state index contributed by atoms with van der Waals surface area (Å²) in [5.41, 5.74) is -0.250. The molecule has 13 N–H and O–H groups in total.